The van der Waals surface area contributed by atoms with Crippen LogP contribution in [-0.4, -0.2) is 9.55 Å². The van der Waals surface area contributed by atoms with E-state index >= 15 is 0 Å². The number of halogens is 1. The van der Waals surface area contributed by atoms with Crippen molar-refractivity contribution in [3.8, 4) is 5.75 Å². The van der Waals surface area contributed by atoms with Crippen LogP contribution in [0.4, 0.5) is 4.39 Å². The number of hydrogen-bond acceptors (Lipinski definition) is 3. The second-order valence-corrected chi connectivity index (χ2v) is 6.94. The van der Waals surface area contributed by atoms with Crippen LogP contribution >= 0.6 is 0 Å². The molecule has 2 aromatic carbocycles. The molecule has 0 radical (unpaired) electrons. The van der Waals surface area contributed by atoms with E-state index in [0.717, 1.165) is 37.4 Å². The van der Waals surface area contributed by atoms with Gasteiger partial charge in [0.05, 0.1) is 5.69 Å². The number of nitrogens with zero attached hydrogens (tertiary/aromatic N) is 2. The quantitative estimate of drug-likeness (QED) is 0.681. The summed E-state index contributed by atoms with van der Waals surface area (Å²) >= 11 is 0. The smallest absolute Gasteiger partial charge is 0.123 e. The van der Waals surface area contributed by atoms with E-state index in [1.807, 2.05) is 24.4 Å². The van der Waals surface area contributed by atoms with Crippen LogP contribution in [0.5, 0.6) is 5.75 Å². The number of nitrogens with one attached hydrogen (secondary N) is 1. The molecule has 0 fully saturated rings. The number of benzene rings is 2. The van der Waals surface area contributed by atoms with Gasteiger partial charge in [-0.15, -0.1) is 0 Å². The summed E-state index contributed by atoms with van der Waals surface area (Å²) in [6.07, 6.45) is 5.57. The number of rotatable bonds is 7. The first-order valence-electron chi connectivity index (χ1n) is 9.48. The molecule has 0 aliphatic carbocycles. The van der Waals surface area contributed by atoms with Crippen molar-refractivity contribution < 1.29 is 9.13 Å². The summed E-state index contributed by atoms with van der Waals surface area (Å²) in [6.45, 7) is 3.10. The lowest BCUT2D eigenvalue weighted by Crippen LogP contribution is -2.19. The number of imidazole rings is 1. The van der Waals surface area contributed by atoms with Gasteiger partial charge in [-0.1, -0.05) is 24.3 Å². The van der Waals surface area contributed by atoms with Gasteiger partial charge in [0, 0.05) is 32.3 Å². The number of ether oxygens (including phenoxy) is 1. The summed E-state index contributed by atoms with van der Waals surface area (Å²) in [5.74, 6) is 1.81. The van der Waals surface area contributed by atoms with Gasteiger partial charge in [0.15, 0.2) is 0 Å². The number of hydrogen-bond donors (Lipinski definition) is 1. The van der Waals surface area contributed by atoms with Crippen molar-refractivity contribution in [1.82, 2.24) is 14.9 Å². The SMILES string of the molecule is Fc1ccc(COc2cccc(CNCc3cnc4n3CCCC4)c2)cc1. The van der Waals surface area contributed by atoms with E-state index in [1.54, 1.807) is 12.1 Å². The molecule has 140 valence electrons. The van der Waals surface area contributed by atoms with Gasteiger partial charge in [0.25, 0.3) is 0 Å². The first-order chi connectivity index (χ1) is 13.3. The summed E-state index contributed by atoms with van der Waals surface area (Å²) < 4.78 is 21.1. The molecule has 0 unspecified atom stereocenters. The zero-order valence-electron chi connectivity index (χ0n) is 15.3. The van der Waals surface area contributed by atoms with E-state index < -0.39 is 0 Å². The Morgan fingerprint density at radius 2 is 1.93 bits per heavy atom. The highest BCUT2D eigenvalue weighted by atomic mass is 19.1. The van der Waals surface area contributed by atoms with E-state index in [1.165, 1.54) is 42.1 Å². The first-order valence-corrected chi connectivity index (χ1v) is 9.48. The van der Waals surface area contributed by atoms with Crippen molar-refractivity contribution in [3.63, 3.8) is 0 Å². The van der Waals surface area contributed by atoms with E-state index in [9.17, 15) is 4.39 Å². The predicted octanol–water partition coefficient (Wildman–Crippen LogP) is 4.23. The minimum Gasteiger partial charge on any atom is -0.489 e. The summed E-state index contributed by atoms with van der Waals surface area (Å²) in [7, 11) is 0. The Kier molecular flexibility index (Phi) is 5.49. The first kappa shape index (κ1) is 17.7. The van der Waals surface area contributed by atoms with E-state index in [-0.39, 0.29) is 5.82 Å². The lowest BCUT2D eigenvalue weighted by Gasteiger charge is -2.16. The van der Waals surface area contributed by atoms with Crippen LogP contribution in [0.25, 0.3) is 0 Å². The monoisotopic (exact) mass is 365 g/mol. The van der Waals surface area contributed by atoms with E-state index in [0.29, 0.717) is 6.61 Å². The van der Waals surface area contributed by atoms with E-state index in [4.69, 9.17) is 4.74 Å². The molecule has 1 aliphatic rings. The molecule has 5 heteroatoms. The van der Waals surface area contributed by atoms with Crippen molar-refractivity contribution in [3.05, 3.63) is 83.2 Å². The fourth-order valence-electron chi connectivity index (χ4n) is 3.45. The molecule has 0 amide bonds. The van der Waals surface area contributed by atoms with Crippen molar-refractivity contribution in [2.75, 3.05) is 0 Å². The highest BCUT2D eigenvalue weighted by molar-refractivity contribution is 5.29. The van der Waals surface area contributed by atoms with Gasteiger partial charge in [-0.3, -0.25) is 0 Å². The van der Waals surface area contributed by atoms with Gasteiger partial charge < -0.3 is 14.6 Å². The Hall–Kier alpha value is -2.66. The third-order valence-corrected chi connectivity index (χ3v) is 4.91. The zero-order chi connectivity index (χ0) is 18.5. The van der Waals surface area contributed by atoms with Crippen LogP contribution in [0.2, 0.25) is 0 Å². The maximum Gasteiger partial charge on any atom is 0.123 e. The Morgan fingerprint density at radius 1 is 1.04 bits per heavy atom. The van der Waals surface area contributed by atoms with E-state index in [2.05, 4.69) is 20.9 Å². The molecule has 0 bridgehead atoms. The fourth-order valence-corrected chi connectivity index (χ4v) is 3.45. The Labute approximate surface area is 159 Å². The van der Waals surface area contributed by atoms with Gasteiger partial charge in [-0.2, -0.15) is 0 Å². The minimum atomic E-state index is -0.230. The molecule has 0 spiro atoms. The van der Waals surface area contributed by atoms with Crippen LogP contribution in [0, 0.1) is 5.82 Å². The van der Waals surface area contributed by atoms with Crippen LogP contribution in [0.1, 0.15) is 35.5 Å². The van der Waals surface area contributed by atoms with Crippen LogP contribution in [-0.2, 0) is 32.7 Å². The Morgan fingerprint density at radius 3 is 2.81 bits per heavy atom. The molecule has 0 atom stereocenters. The lowest BCUT2D eigenvalue weighted by atomic mass is 10.1. The van der Waals surface area contributed by atoms with Crippen molar-refractivity contribution in [2.24, 2.45) is 0 Å². The van der Waals surface area contributed by atoms with Gasteiger partial charge in [0.1, 0.15) is 24.0 Å². The number of aromatic nitrogens is 2. The van der Waals surface area contributed by atoms with Crippen LogP contribution in [0.15, 0.2) is 54.7 Å². The zero-order valence-corrected chi connectivity index (χ0v) is 15.3. The van der Waals surface area contributed by atoms with Gasteiger partial charge in [-0.05, 0) is 48.2 Å². The molecule has 3 aromatic rings. The second-order valence-electron chi connectivity index (χ2n) is 6.94. The van der Waals surface area contributed by atoms with Gasteiger partial charge in [0.2, 0.25) is 0 Å². The Balaban J connectivity index is 1.30. The third kappa shape index (κ3) is 4.55. The second kappa shape index (κ2) is 8.35. The van der Waals surface area contributed by atoms with Crippen molar-refractivity contribution >= 4 is 0 Å². The molecule has 4 nitrogen and oxygen atoms in total. The number of aryl methyl sites for hydroxylation is 1. The average Bonchev–Trinajstić information content (AvgIpc) is 3.11. The molecule has 1 aliphatic heterocycles. The molecule has 2 heterocycles. The highest BCUT2D eigenvalue weighted by Crippen LogP contribution is 2.17. The molecule has 1 aromatic heterocycles. The molecule has 27 heavy (non-hydrogen) atoms. The largest absolute Gasteiger partial charge is 0.489 e. The predicted molar refractivity (Wildman–Crippen MR) is 103 cm³/mol. The minimum absolute atomic E-state index is 0.230. The van der Waals surface area contributed by atoms with Gasteiger partial charge >= 0.3 is 0 Å². The molecule has 0 saturated carbocycles. The third-order valence-electron chi connectivity index (χ3n) is 4.91. The molecule has 4 rings (SSSR count). The maximum atomic E-state index is 13.0. The lowest BCUT2D eigenvalue weighted by molar-refractivity contribution is 0.305. The van der Waals surface area contributed by atoms with Crippen LogP contribution < -0.4 is 10.1 Å². The maximum absolute atomic E-state index is 13.0. The summed E-state index contributed by atoms with van der Waals surface area (Å²) in [5, 5.41) is 3.50. The normalized spacial score (nSPS) is 13.4. The summed E-state index contributed by atoms with van der Waals surface area (Å²) in [6, 6.07) is 14.5. The molecule has 1 N–H and O–H groups in total. The molecule has 0 saturated heterocycles. The van der Waals surface area contributed by atoms with Crippen molar-refractivity contribution in [2.45, 2.75) is 45.5 Å². The topological polar surface area (TPSA) is 39.1 Å². The standard InChI is InChI=1S/C22H24FN3O/c23-19-9-7-17(8-10-19)16-27-21-5-3-4-18(12-21)13-24-14-20-15-25-22-6-1-2-11-26(20)22/h3-5,7-10,12,15,24H,1-2,6,11,13-14,16H2. The summed E-state index contributed by atoms with van der Waals surface area (Å²) in [5.41, 5.74) is 3.38. The molecular weight excluding hydrogens is 341 g/mol. The van der Waals surface area contributed by atoms with Crippen LogP contribution in [0.3, 0.4) is 0 Å². The van der Waals surface area contributed by atoms with Gasteiger partial charge in [-0.25, -0.2) is 9.37 Å². The summed E-state index contributed by atoms with van der Waals surface area (Å²) in [4.78, 5) is 4.53. The highest BCUT2D eigenvalue weighted by Gasteiger charge is 2.13. The fraction of sp³-hybridized carbons (Fsp3) is 0.318. The molecular formula is C22H24FN3O. The number of fused-ring (bicyclic) bond motifs is 1. The van der Waals surface area contributed by atoms with Crippen molar-refractivity contribution in [1.29, 1.82) is 0 Å². The Bertz CT molecular complexity index is 889. The average molecular weight is 365 g/mol.